The Labute approximate surface area is 118 Å². The van der Waals surface area contributed by atoms with Gasteiger partial charge in [-0.05, 0) is 61.4 Å². The molecule has 0 radical (unpaired) electrons. The summed E-state index contributed by atoms with van der Waals surface area (Å²) >= 11 is 0. The summed E-state index contributed by atoms with van der Waals surface area (Å²) in [4.78, 5) is 12.5. The standard InChI is InChI=1S/C17H17NO2/c1-2-20-15-6-3-12(4-7-15)17(19)14-5-8-16-13(11-14)9-10-18-16/h3-8,11,18H,2,9-10H2,1H3. The Hall–Kier alpha value is -2.29. The molecule has 3 nitrogen and oxygen atoms in total. The van der Waals surface area contributed by atoms with Crippen LogP contribution in [-0.2, 0) is 6.42 Å². The van der Waals surface area contributed by atoms with E-state index >= 15 is 0 Å². The van der Waals surface area contributed by atoms with Crippen LogP contribution in [0.25, 0.3) is 0 Å². The molecule has 1 N–H and O–H groups in total. The summed E-state index contributed by atoms with van der Waals surface area (Å²) < 4.78 is 5.39. The lowest BCUT2D eigenvalue weighted by Gasteiger charge is -2.06. The van der Waals surface area contributed by atoms with Crippen molar-refractivity contribution >= 4 is 11.5 Å². The maximum atomic E-state index is 12.5. The SMILES string of the molecule is CCOc1ccc(C(=O)c2ccc3c(c2)CCN3)cc1. The van der Waals surface area contributed by atoms with Crippen LogP contribution in [0.15, 0.2) is 42.5 Å². The van der Waals surface area contributed by atoms with Gasteiger partial charge in [-0.2, -0.15) is 0 Å². The third kappa shape index (κ3) is 2.39. The smallest absolute Gasteiger partial charge is 0.193 e. The second kappa shape index (κ2) is 5.37. The topological polar surface area (TPSA) is 38.3 Å². The molecule has 0 saturated carbocycles. The maximum absolute atomic E-state index is 12.5. The van der Waals surface area contributed by atoms with Crippen LogP contribution in [0, 0.1) is 0 Å². The van der Waals surface area contributed by atoms with Crippen LogP contribution in [0.3, 0.4) is 0 Å². The number of benzene rings is 2. The Kier molecular flexibility index (Phi) is 3.42. The summed E-state index contributed by atoms with van der Waals surface area (Å²) in [5, 5.41) is 3.30. The number of carbonyl (C=O) groups excluding carboxylic acids is 1. The molecule has 0 bridgehead atoms. The monoisotopic (exact) mass is 267 g/mol. The van der Waals surface area contributed by atoms with E-state index < -0.39 is 0 Å². The quantitative estimate of drug-likeness (QED) is 0.864. The highest BCUT2D eigenvalue weighted by Crippen LogP contribution is 2.24. The molecule has 2 aromatic rings. The van der Waals surface area contributed by atoms with Gasteiger partial charge in [0.1, 0.15) is 5.75 Å². The first-order chi connectivity index (χ1) is 9.78. The van der Waals surface area contributed by atoms with Crippen LogP contribution < -0.4 is 10.1 Å². The van der Waals surface area contributed by atoms with E-state index in [0.29, 0.717) is 12.2 Å². The molecule has 3 heteroatoms. The molecule has 0 aromatic heterocycles. The van der Waals surface area contributed by atoms with Crippen molar-refractivity contribution in [3.63, 3.8) is 0 Å². The van der Waals surface area contributed by atoms with Gasteiger partial charge in [0.2, 0.25) is 0 Å². The molecular formula is C17H17NO2. The Balaban J connectivity index is 1.84. The second-order valence-electron chi connectivity index (χ2n) is 4.84. The Bertz CT molecular complexity index is 632. The summed E-state index contributed by atoms with van der Waals surface area (Å²) in [7, 11) is 0. The van der Waals surface area contributed by atoms with E-state index in [1.165, 1.54) is 5.56 Å². The molecule has 0 saturated heterocycles. The molecule has 0 unspecified atom stereocenters. The lowest BCUT2D eigenvalue weighted by atomic mass is 10.0. The van der Waals surface area contributed by atoms with Crippen molar-refractivity contribution in [1.82, 2.24) is 0 Å². The van der Waals surface area contributed by atoms with Gasteiger partial charge < -0.3 is 10.1 Å². The second-order valence-corrected chi connectivity index (χ2v) is 4.84. The first-order valence-corrected chi connectivity index (χ1v) is 6.92. The molecular weight excluding hydrogens is 250 g/mol. The van der Waals surface area contributed by atoms with Crippen molar-refractivity contribution in [2.75, 3.05) is 18.5 Å². The average Bonchev–Trinajstić information content (AvgIpc) is 2.95. The van der Waals surface area contributed by atoms with E-state index in [4.69, 9.17) is 4.74 Å². The lowest BCUT2D eigenvalue weighted by Crippen LogP contribution is -2.02. The highest BCUT2D eigenvalue weighted by Gasteiger charge is 2.14. The van der Waals surface area contributed by atoms with Gasteiger partial charge in [0.15, 0.2) is 5.78 Å². The van der Waals surface area contributed by atoms with Gasteiger partial charge in [0.05, 0.1) is 6.61 Å². The number of hydrogen-bond acceptors (Lipinski definition) is 3. The molecule has 0 atom stereocenters. The van der Waals surface area contributed by atoms with Gasteiger partial charge in [-0.1, -0.05) is 0 Å². The maximum Gasteiger partial charge on any atom is 0.193 e. The van der Waals surface area contributed by atoms with Crippen molar-refractivity contribution in [1.29, 1.82) is 0 Å². The molecule has 102 valence electrons. The molecule has 0 aliphatic carbocycles. The van der Waals surface area contributed by atoms with Crippen molar-refractivity contribution in [2.24, 2.45) is 0 Å². The molecule has 0 amide bonds. The molecule has 20 heavy (non-hydrogen) atoms. The van der Waals surface area contributed by atoms with Gasteiger partial charge in [-0.15, -0.1) is 0 Å². The van der Waals surface area contributed by atoms with E-state index in [1.807, 2.05) is 49.4 Å². The zero-order valence-electron chi connectivity index (χ0n) is 11.5. The molecule has 2 aromatic carbocycles. The Morgan fingerprint density at radius 3 is 2.65 bits per heavy atom. The first kappa shape index (κ1) is 12.7. The summed E-state index contributed by atoms with van der Waals surface area (Å²) in [6, 6.07) is 13.2. The summed E-state index contributed by atoms with van der Waals surface area (Å²) in [6.07, 6.45) is 0.986. The fourth-order valence-electron chi connectivity index (χ4n) is 2.48. The summed E-state index contributed by atoms with van der Waals surface area (Å²) in [5.74, 6) is 0.852. The fourth-order valence-corrected chi connectivity index (χ4v) is 2.48. The zero-order valence-corrected chi connectivity index (χ0v) is 11.5. The van der Waals surface area contributed by atoms with Crippen molar-refractivity contribution in [2.45, 2.75) is 13.3 Å². The predicted molar refractivity (Wildman–Crippen MR) is 79.7 cm³/mol. The van der Waals surface area contributed by atoms with Crippen molar-refractivity contribution in [3.05, 3.63) is 59.2 Å². The minimum Gasteiger partial charge on any atom is -0.494 e. The zero-order chi connectivity index (χ0) is 13.9. The molecule has 1 aliphatic heterocycles. The molecule has 3 rings (SSSR count). The van der Waals surface area contributed by atoms with E-state index in [-0.39, 0.29) is 5.78 Å². The van der Waals surface area contributed by atoms with Gasteiger partial charge in [-0.3, -0.25) is 4.79 Å². The van der Waals surface area contributed by atoms with Crippen molar-refractivity contribution in [3.8, 4) is 5.75 Å². The summed E-state index contributed by atoms with van der Waals surface area (Å²) in [5.41, 5.74) is 3.81. The Morgan fingerprint density at radius 1 is 1.15 bits per heavy atom. The molecule has 1 aliphatic rings. The Morgan fingerprint density at radius 2 is 1.90 bits per heavy atom. The summed E-state index contributed by atoms with van der Waals surface area (Å²) in [6.45, 7) is 3.53. The number of ether oxygens (including phenoxy) is 1. The van der Waals surface area contributed by atoms with Crippen LogP contribution in [-0.4, -0.2) is 18.9 Å². The van der Waals surface area contributed by atoms with Gasteiger partial charge in [0, 0.05) is 23.4 Å². The minimum atomic E-state index is 0.0581. The van der Waals surface area contributed by atoms with Gasteiger partial charge in [0.25, 0.3) is 0 Å². The largest absolute Gasteiger partial charge is 0.494 e. The van der Waals surface area contributed by atoms with Gasteiger partial charge >= 0.3 is 0 Å². The number of fused-ring (bicyclic) bond motifs is 1. The highest BCUT2D eigenvalue weighted by molar-refractivity contribution is 6.09. The number of nitrogens with one attached hydrogen (secondary N) is 1. The number of hydrogen-bond donors (Lipinski definition) is 1. The number of ketones is 1. The van der Waals surface area contributed by atoms with E-state index in [9.17, 15) is 4.79 Å². The number of carbonyl (C=O) groups is 1. The van der Waals surface area contributed by atoms with Crippen LogP contribution in [0.2, 0.25) is 0 Å². The molecule has 0 spiro atoms. The highest BCUT2D eigenvalue weighted by atomic mass is 16.5. The third-order valence-corrected chi connectivity index (χ3v) is 3.50. The van der Waals surface area contributed by atoms with Crippen LogP contribution in [0.5, 0.6) is 5.75 Å². The lowest BCUT2D eigenvalue weighted by molar-refractivity contribution is 0.103. The minimum absolute atomic E-state index is 0.0581. The van der Waals surface area contributed by atoms with E-state index in [2.05, 4.69) is 5.32 Å². The van der Waals surface area contributed by atoms with Crippen molar-refractivity contribution < 1.29 is 9.53 Å². The number of rotatable bonds is 4. The first-order valence-electron chi connectivity index (χ1n) is 6.92. The van der Waals surface area contributed by atoms with E-state index in [0.717, 1.165) is 30.0 Å². The molecule has 0 fully saturated rings. The fraction of sp³-hybridized carbons (Fsp3) is 0.235. The average molecular weight is 267 g/mol. The third-order valence-electron chi connectivity index (χ3n) is 3.50. The predicted octanol–water partition coefficient (Wildman–Crippen LogP) is 3.28. The normalized spacial score (nSPS) is 12.7. The molecule has 1 heterocycles. The number of anilines is 1. The van der Waals surface area contributed by atoms with Crippen LogP contribution in [0.1, 0.15) is 28.4 Å². The van der Waals surface area contributed by atoms with E-state index in [1.54, 1.807) is 0 Å². The van der Waals surface area contributed by atoms with Crippen LogP contribution in [0.4, 0.5) is 5.69 Å². The van der Waals surface area contributed by atoms with Gasteiger partial charge in [-0.25, -0.2) is 0 Å². The van der Waals surface area contributed by atoms with Crippen LogP contribution >= 0.6 is 0 Å².